The average Bonchev–Trinajstić information content (AvgIpc) is 2.35. The summed E-state index contributed by atoms with van der Waals surface area (Å²) in [6.45, 7) is 3.19. The molecule has 0 aliphatic rings. The molecule has 0 heterocycles. The molecule has 2 N–H and O–H groups in total. The van der Waals surface area contributed by atoms with Crippen molar-refractivity contribution in [3.05, 3.63) is 30.1 Å². The summed E-state index contributed by atoms with van der Waals surface area (Å²) in [4.78, 5) is 0.120. The van der Waals surface area contributed by atoms with Crippen molar-refractivity contribution in [3.63, 3.8) is 0 Å². The molecule has 0 saturated carbocycles. The number of nitrogens with zero attached hydrogens (tertiary/aromatic N) is 1. The Morgan fingerprint density at radius 1 is 1.22 bits per heavy atom. The van der Waals surface area contributed by atoms with E-state index in [1.165, 1.54) is 16.4 Å². The van der Waals surface area contributed by atoms with E-state index in [-0.39, 0.29) is 4.90 Å². The molecule has 1 aromatic rings. The second kappa shape index (κ2) is 6.82. The standard InChI is InChI=1S/C12H19FN2O2S/c1-2-9-15(10-3-8-14)18(16,17)12-6-4-11(13)5-7-12/h4-7H,2-3,8-10,14H2,1H3. The van der Waals surface area contributed by atoms with Crippen molar-refractivity contribution in [1.29, 1.82) is 0 Å². The van der Waals surface area contributed by atoms with Gasteiger partial charge in [-0.05, 0) is 43.7 Å². The molecule has 0 saturated heterocycles. The summed E-state index contributed by atoms with van der Waals surface area (Å²) < 4.78 is 38.8. The van der Waals surface area contributed by atoms with Crippen molar-refractivity contribution in [2.24, 2.45) is 5.73 Å². The van der Waals surface area contributed by atoms with Crippen molar-refractivity contribution in [2.75, 3.05) is 19.6 Å². The zero-order chi connectivity index (χ0) is 13.6. The molecule has 1 rings (SSSR count). The van der Waals surface area contributed by atoms with Gasteiger partial charge in [0.25, 0.3) is 0 Å². The highest BCUT2D eigenvalue weighted by molar-refractivity contribution is 7.89. The third-order valence-electron chi connectivity index (χ3n) is 2.54. The molecule has 0 radical (unpaired) electrons. The first-order valence-corrected chi connectivity index (χ1v) is 7.42. The summed E-state index contributed by atoms with van der Waals surface area (Å²) in [5.41, 5.74) is 5.40. The van der Waals surface area contributed by atoms with Gasteiger partial charge in [0, 0.05) is 13.1 Å². The third kappa shape index (κ3) is 3.76. The number of hydrogen-bond acceptors (Lipinski definition) is 3. The number of sulfonamides is 1. The minimum Gasteiger partial charge on any atom is -0.330 e. The fraction of sp³-hybridized carbons (Fsp3) is 0.500. The van der Waals surface area contributed by atoms with Gasteiger partial charge in [0.1, 0.15) is 5.82 Å². The summed E-state index contributed by atoms with van der Waals surface area (Å²) in [5, 5.41) is 0. The molecular formula is C12H19FN2O2S. The molecule has 0 aliphatic heterocycles. The highest BCUT2D eigenvalue weighted by Crippen LogP contribution is 2.16. The van der Waals surface area contributed by atoms with Crippen LogP contribution in [0.4, 0.5) is 4.39 Å². The van der Waals surface area contributed by atoms with Crippen molar-refractivity contribution < 1.29 is 12.8 Å². The fourth-order valence-corrected chi connectivity index (χ4v) is 3.20. The van der Waals surface area contributed by atoms with E-state index in [2.05, 4.69) is 0 Å². The maximum absolute atomic E-state index is 12.8. The molecule has 4 nitrogen and oxygen atoms in total. The average molecular weight is 274 g/mol. The zero-order valence-corrected chi connectivity index (χ0v) is 11.3. The molecule has 0 aliphatic carbocycles. The second-order valence-corrected chi connectivity index (χ2v) is 5.94. The molecule has 102 valence electrons. The minimum absolute atomic E-state index is 0.120. The minimum atomic E-state index is -3.54. The number of rotatable bonds is 7. The topological polar surface area (TPSA) is 63.4 Å². The van der Waals surface area contributed by atoms with E-state index in [0.717, 1.165) is 18.6 Å². The van der Waals surface area contributed by atoms with E-state index in [1.54, 1.807) is 0 Å². The van der Waals surface area contributed by atoms with Gasteiger partial charge >= 0.3 is 0 Å². The van der Waals surface area contributed by atoms with Crippen molar-refractivity contribution >= 4 is 10.0 Å². The van der Waals surface area contributed by atoms with Gasteiger partial charge in [0.05, 0.1) is 4.90 Å². The van der Waals surface area contributed by atoms with Crippen molar-refractivity contribution in [3.8, 4) is 0 Å². The molecule has 0 unspecified atom stereocenters. The van der Waals surface area contributed by atoms with Crippen LogP contribution < -0.4 is 5.73 Å². The number of benzene rings is 1. The van der Waals surface area contributed by atoms with Crippen molar-refractivity contribution in [2.45, 2.75) is 24.7 Å². The first kappa shape index (κ1) is 15.1. The molecule has 0 amide bonds. The highest BCUT2D eigenvalue weighted by Gasteiger charge is 2.22. The van der Waals surface area contributed by atoms with Crippen LogP contribution in [0.5, 0.6) is 0 Å². The Balaban J connectivity index is 2.96. The molecule has 0 fully saturated rings. The Bertz CT molecular complexity index is 459. The van der Waals surface area contributed by atoms with Crippen LogP contribution in [-0.4, -0.2) is 32.4 Å². The molecule has 0 aromatic heterocycles. The van der Waals surface area contributed by atoms with E-state index < -0.39 is 15.8 Å². The van der Waals surface area contributed by atoms with E-state index in [4.69, 9.17) is 5.73 Å². The summed E-state index contributed by atoms with van der Waals surface area (Å²) in [6, 6.07) is 4.88. The number of halogens is 1. The van der Waals surface area contributed by atoms with Crippen molar-refractivity contribution in [1.82, 2.24) is 4.31 Å². The Kier molecular flexibility index (Phi) is 5.71. The van der Waals surface area contributed by atoms with E-state index in [9.17, 15) is 12.8 Å². The molecular weight excluding hydrogens is 255 g/mol. The lowest BCUT2D eigenvalue weighted by atomic mass is 10.4. The Morgan fingerprint density at radius 2 is 1.83 bits per heavy atom. The number of nitrogens with two attached hydrogens (primary N) is 1. The lowest BCUT2D eigenvalue weighted by Gasteiger charge is -2.21. The molecule has 1 aromatic carbocycles. The van der Waals surface area contributed by atoms with Crippen LogP contribution in [0, 0.1) is 5.82 Å². The largest absolute Gasteiger partial charge is 0.330 e. The predicted molar refractivity (Wildman–Crippen MR) is 69.1 cm³/mol. The Hall–Kier alpha value is -0.980. The number of hydrogen-bond donors (Lipinski definition) is 1. The van der Waals surface area contributed by atoms with Gasteiger partial charge in [-0.2, -0.15) is 4.31 Å². The van der Waals surface area contributed by atoms with E-state index in [0.29, 0.717) is 26.1 Å². The maximum atomic E-state index is 12.8. The van der Waals surface area contributed by atoms with E-state index in [1.807, 2.05) is 6.92 Å². The molecule has 18 heavy (non-hydrogen) atoms. The lowest BCUT2D eigenvalue weighted by Crippen LogP contribution is -2.33. The smallest absolute Gasteiger partial charge is 0.243 e. The zero-order valence-electron chi connectivity index (χ0n) is 10.5. The first-order valence-electron chi connectivity index (χ1n) is 5.98. The highest BCUT2D eigenvalue weighted by atomic mass is 32.2. The first-order chi connectivity index (χ1) is 8.52. The van der Waals surface area contributed by atoms with Crippen LogP contribution >= 0.6 is 0 Å². The summed E-state index contributed by atoms with van der Waals surface area (Å²) in [7, 11) is -3.54. The molecule has 0 bridgehead atoms. The fourth-order valence-electron chi connectivity index (χ4n) is 1.62. The monoisotopic (exact) mass is 274 g/mol. The lowest BCUT2D eigenvalue weighted by molar-refractivity contribution is 0.406. The van der Waals surface area contributed by atoms with Gasteiger partial charge in [-0.25, -0.2) is 12.8 Å². The summed E-state index contributed by atoms with van der Waals surface area (Å²) >= 11 is 0. The molecule has 0 spiro atoms. The SMILES string of the molecule is CCCN(CCCN)S(=O)(=O)c1ccc(F)cc1. The van der Waals surface area contributed by atoms with Gasteiger partial charge in [0.2, 0.25) is 10.0 Å². The van der Waals surface area contributed by atoms with Gasteiger partial charge in [-0.3, -0.25) is 0 Å². The van der Waals surface area contributed by atoms with Crippen LogP contribution in [0.3, 0.4) is 0 Å². The van der Waals surface area contributed by atoms with Gasteiger partial charge in [0.15, 0.2) is 0 Å². The van der Waals surface area contributed by atoms with Crippen LogP contribution in [0.25, 0.3) is 0 Å². The quantitative estimate of drug-likeness (QED) is 0.821. The van der Waals surface area contributed by atoms with Crippen LogP contribution in [-0.2, 0) is 10.0 Å². The van der Waals surface area contributed by atoms with Gasteiger partial charge < -0.3 is 5.73 Å². The van der Waals surface area contributed by atoms with E-state index >= 15 is 0 Å². The Labute approximate surface area is 108 Å². The summed E-state index contributed by atoms with van der Waals surface area (Å²) in [5.74, 6) is -0.446. The normalized spacial score (nSPS) is 12.0. The van der Waals surface area contributed by atoms with Crippen LogP contribution in [0.2, 0.25) is 0 Å². The van der Waals surface area contributed by atoms with Crippen LogP contribution in [0.15, 0.2) is 29.2 Å². The summed E-state index contributed by atoms with van der Waals surface area (Å²) in [6.07, 6.45) is 1.34. The predicted octanol–water partition coefficient (Wildman–Crippen LogP) is 1.58. The maximum Gasteiger partial charge on any atom is 0.243 e. The Morgan fingerprint density at radius 3 is 2.33 bits per heavy atom. The second-order valence-electron chi connectivity index (χ2n) is 4.00. The molecule has 0 atom stereocenters. The van der Waals surface area contributed by atoms with Gasteiger partial charge in [-0.1, -0.05) is 6.92 Å². The molecule has 6 heteroatoms. The van der Waals surface area contributed by atoms with Crippen LogP contribution in [0.1, 0.15) is 19.8 Å². The third-order valence-corrected chi connectivity index (χ3v) is 4.45. The van der Waals surface area contributed by atoms with Gasteiger partial charge in [-0.15, -0.1) is 0 Å².